The van der Waals surface area contributed by atoms with E-state index in [0.29, 0.717) is 19.7 Å². The molecule has 124 valence electrons. The second kappa shape index (κ2) is 11.9. The number of hydrogen-bond donors (Lipinski definition) is 1. The zero-order valence-electron chi connectivity index (χ0n) is 13.4. The molecule has 0 aromatic heterocycles. The van der Waals surface area contributed by atoms with Crippen LogP contribution in [0.25, 0.3) is 0 Å². The van der Waals surface area contributed by atoms with Gasteiger partial charge >= 0.3 is 6.09 Å². The second-order valence-corrected chi connectivity index (χ2v) is 4.85. The van der Waals surface area contributed by atoms with Gasteiger partial charge in [0.25, 0.3) is 0 Å². The van der Waals surface area contributed by atoms with E-state index < -0.39 is 0 Å². The summed E-state index contributed by atoms with van der Waals surface area (Å²) in [7, 11) is 1.81. The molecule has 1 rings (SSSR count). The zero-order chi connectivity index (χ0) is 14.8. The number of carbonyl (C=O) groups is 1. The number of hydrogen-bond acceptors (Lipinski definition) is 3. The van der Waals surface area contributed by atoms with Crippen LogP contribution in [0.15, 0.2) is 4.99 Å². The van der Waals surface area contributed by atoms with Crippen LogP contribution >= 0.6 is 24.0 Å². The standard InChI is InChI=1S/C14H28N4O2.HI/c1-4-6-7-8-16-13(15-3)17-9-11-18(12-10-17)14(19)20-5-2;/h4-12H2,1-3H3,(H,15,16);1H. The number of carbonyl (C=O) groups excluding carboxylic acids is 1. The summed E-state index contributed by atoms with van der Waals surface area (Å²) >= 11 is 0. The highest BCUT2D eigenvalue weighted by molar-refractivity contribution is 14.0. The van der Waals surface area contributed by atoms with E-state index in [1.165, 1.54) is 12.8 Å². The first-order chi connectivity index (χ1) is 9.72. The highest BCUT2D eigenvalue weighted by Gasteiger charge is 2.23. The fourth-order valence-corrected chi connectivity index (χ4v) is 2.22. The maximum Gasteiger partial charge on any atom is 0.409 e. The number of halogens is 1. The molecule has 0 bridgehead atoms. The molecule has 0 aromatic carbocycles. The number of nitrogens with one attached hydrogen (secondary N) is 1. The largest absolute Gasteiger partial charge is 0.450 e. The maximum absolute atomic E-state index is 11.6. The summed E-state index contributed by atoms with van der Waals surface area (Å²) in [6.45, 7) is 8.39. The monoisotopic (exact) mass is 412 g/mol. The molecule has 0 radical (unpaired) electrons. The average Bonchev–Trinajstić information content (AvgIpc) is 2.48. The van der Waals surface area contributed by atoms with Gasteiger partial charge in [-0.2, -0.15) is 0 Å². The Balaban J connectivity index is 0.00000400. The molecule has 7 heteroatoms. The van der Waals surface area contributed by atoms with Crippen molar-refractivity contribution < 1.29 is 9.53 Å². The Morgan fingerprint density at radius 3 is 2.29 bits per heavy atom. The number of ether oxygens (including phenoxy) is 1. The van der Waals surface area contributed by atoms with Crippen molar-refractivity contribution in [2.45, 2.75) is 33.1 Å². The summed E-state index contributed by atoms with van der Waals surface area (Å²) in [4.78, 5) is 19.9. The van der Waals surface area contributed by atoms with E-state index in [1.54, 1.807) is 11.9 Å². The van der Waals surface area contributed by atoms with E-state index in [4.69, 9.17) is 4.74 Å². The summed E-state index contributed by atoms with van der Waals surface area (Å²) in [5, 5.41) is 3.38. The molecule has 1 N–H and O–H groups in total. The minimum absolute atomic E-state index is 0. The first-order valence-corrected chi connectivity index (χ1v) is 7.60. The lowest BCUT2D eigenvalue weighted by Gasteiger charge is -2.35. The normalized spacial score (nSPS) is 15.5. The van der Waals surface area contributed by atoms with Crippen molar-refractivity contribution in [3.05, 3.63) is 0 Å². The van der Waals surface area contributed by atoms with Gasteiger partial charge in [0.15, 0.2) is 5.96 Å². The van der Waals surface area contributed by atoms with Crippen LogP contribution in [0.4, 0.5) is 4.79 Å². The van der Waals surface area contributed by atoms with Gasteiger partial charge < -0.3 is 19.9 Å². The number of rotatable bonds is 5. The van der Waals surface area contributed by atoms with E-state index >= 15 is 0 Å². The van der Waals surface area contributed by atoms with Gasteiger partial charge in [0.05, 0.1) is 6.61 Å². The molecule has 1 aliphatic heterocycles. The van der Waals surface area contributed by atoms with Crippen molar-refractivity contribution in [2.75, 3.05) is 46.4 Å². The summed E-state index contributed by atoms with van der Waals surface area (Å²) < 4.78 is 5.02. The van der Waals surface area contributed by atoms with Crippen LogP contribution in [0.1, 0.15) is 33.1 Å². The van der Waals surface area contributed by atoms with Crippen LogP contribution < -0.4 is 5.32 Å². The molecule has 0 aromatic rings. The first kappa shape index (κ1) is 20.3. The molecule has 0 spiro atoms. The Labute approximate surface area is 145 Å². The van der Waals surface area contributed by atoms with E-state index in [9.17, 15) is 4.79 Å². The first-order valence-electron chi connectivity index (χ1n) is 7.60. The molecular formula is C14H29IN4O2. The van der Waals surface area contributed by atoms with Crippen molar-refractivity contribution in [3.8, 4) is 0 Å². The maximum atomic E-state index is 11.6. The third-order valence-corrected chi connectivity index (χ3v) is 3.38. The SMILES string of the molecule is CCCCCNC(=NC)N1CCN(C(=O)OCC)CC1.I. The van der Waals surface area contributed by atoms with Crippen molar-refractivity contribution in [3.63, 3.8) is 0 Å². The summed E-state index contributed by atoms with van der Waals surface area (Å²) in [5.41, 5.74) is 0. The van der Waals surface area contributed by atoms with Crippen molar-refractivity contribution >= 4 is 36.0 Å². The van der Waals surface area contributed by atoms with Crippen molar-refractivity contribution in [2.24, 2.45) is 4.99 Å². The van der Waals surface area contributed by atoms with Crippen LogP contribution in [-0.2, 0) is 4.74 Å². The number of guanidine groups is 1. The van der Waals surface area contributed by atoms with Crippen LogP contribution in [0.2, 0.25) is 0 Å². The third kappa shape index (κ3) is 7.19. The molecule has 1 amide bonds. The lowest BCUT2D eigenvalue weighted by atomic mass is 10.2. The van der Waals surface area contributed by atoms with Gasteiger partial charge in [0, 0.05) is 39.8 Å². The van der Waals surface area contributed by atoms with Gasteiger partial charge in [-0.15, -0.1) is 24.0 Å². The molecule has 1 aliphatic rings. The van der Waals surface area contributed by atoms with Crippen LogP contribution in [0.3, 0.4) is 0 Å². The smallest absolute Gasteiger partial charge is 0.409 e. The van der Waals surface area contributed by atoms with Gasteiger partial charge in [-0.05, 0) is 13.3 Å². The van der Waals surface area contributed by atoms with Gasteiger partial charge in [-0.1, -0.05) is 19.8 Å². The zero-order valence-corrected chi connectivity index (χ0v) is 15.8. The van der Waals surface area contributed by atoms with Gasteiger partial charge in [0.2, 0.25) is 0 Å². The highest BCUT2D eigenvalue weighted by Crippen LogP contribution is 2.04. The predicted molar refractivity (Wildman–Crippen MR) is 96.5 cm³/mol. The molecule has 0 aliphatic carbocycles. The quantitative estimate of drug-likeness (QED) is 0.326. The Hall–Kier alpha value is -0.730. The second-order valence-electron chi connectivity index (χ2n) is 4.85. The van der Waals surface area contributed by atoms with Gasteiger partial charge in [-0.3, -0.25) is 4.99 Å². The highest BCUT2D eigenvalue weighted by atomic mass is 127. The van der Waals surface area contributed by atoms with Gasteiger partial charge in [-0.25, -0.2) is 4.79 Å². The number of unbranched alkanes of at least 4 members (excludes halogenated alkanes) is 2. The fourth-order valence-electron chi connectivity index (χ4n) is 2.22. The van der Waals surface area contributed by atoms with E-state index in [1.807, 2.05) is 6.92 Å². The molecule has 1 fully saturated rings. The van der Waals surface area contributed by atoms with E-state index in [-0.39, 0.29) is 30.1 Å². The minimum Gasteiger partial charge on any atom is -0.450 e. The minimum atomic E-state index is -0.210. The molecule has 1 saturated heterocycles. The molecule has 0 saturated carbocycles. The van der Waals surface area contributed by atoms with Crippen LogP contribution in [0.5, 0.6) is 0 Å². The molecule has 0 atom stereocenters. The fraction of sp³-hybridized carbons (Fsp3) is 0.857. The van der Waals surface area contributed by atoms with Gasteiger partial charge in [0.1, 0.15) is 0 Å². The van der Waals surface area contributed by atoms with E-state index in [0.717, 1.165) is 32.0 Å². The Kier molecular flexibility index (Phi) is 11.5. The molecule has 21 heavy (non-hydrogen) atoms. The predicted octanol–water partition coefficient (Wildman–Crippen LogP) is 2.14. The lowest BCUT2D eigenvalue weighted by Crippen LogP contribution is -2.54. The van der Waals surface area contributed by atoms with Crippen molar-refractivity contribution in [1.82, 2.24) is 15.1 Å². The Bertz CT molecular complexity index is 318. The molecule has 0 unspecified atom stereocenters. The Morgan fingerprint density at radius 2 is 1.76 bits per heavy atom. The summed E-state index contributed by atoms with van der Waals surface area (Å²) in [6.07, 6.45) is 3.41. The number of nitrogens with zero attached hydrogens (tertiary/aromatic N) is 3. The molecular weight excluding hydrogens is 383 g/mol. The Morgan fingerprint density at radius 1 is 1.14 bits per heavy atom. The van der Waals surface area contributed by atoms with Crippen LogP contribution in [0, 0.1) is 0 Å². The number of aliphatic imine (C=N–C) groups is 1. The summed E-state index contributed by atoms with van der Waals surface area (Å²) in [5.74, 6) is 0.935. The summed E-state index contributed by atoms with van der Waals surface area (Å²) in [6, 6.07) is 0. The average molecular weight is 412 g/mol. The third-order valence-electron chi connectivity index (χ3n) is 3.38. The van der Waals surface area contributed by atoms with E-state index in [2.05, 4.69) is 22.1 Å². The lowest BCUT2D eigenvalue weighted by molar-refractivity contribution is 0.0914. The van der Waals surface area contributed by atoms with Crippen LogP contribution in [-0.4, -0.2) is 68.2 Å². The number of amides is 1. The number of piperazine rings is 1. The molecule has 1 heterocycles. The topological polar surface area (TPSA) is 57.2 Å². The molecule has 6 nitrogen and oxygen atoms in total. The van der Waals surface area contributed by atoms with Crippen molar-refractivity contribution in [1.29, 1.82) is 0 Å².